The van der Waals surface area contributed by atoms with Crippen LogP contribution < -0.4 is 5.43 Å². The molecule has 2 aliphatic rings. The minimum atomic E-state index is -0.750. The Morgan fingerprint density at radius 1 is 1.36 bits per heavy atom. The fourth-order valence-corrected chi connectivity index (χ4v) is 3.03. The molecule has 5 nitrogen and oxygen atoms in total. The molecule has 0 saturated carbocycles. The summed E-state index contributed by atoms with van der Waals surface area (Å²) in [6.07, 6.45) is 3.45. The SMILES string of the molecule is CSC1=NC=C(C#N)C2=N[C@@](C)(c3ccc(Cl)c(Cl)c3)NN12. The molecule has 1 aromatic carbocycles. The quantitative estimate of drug-likeness (QED) is 0.840. The number of halogens is 2. The summed E-state index contributed by atoms with van der Waals surface area (Å²) in [4.78, 5) is 8.94. The van der Waals surface area contributed by atoms with Gasteiger partial charge >= 0.3 is 0 Å². The van der Waals surface area contributed by atoms with E-state index in [1.165, 1.54) is 18.0 Å². The summed E-state index contributed by atoms with van der Waals surface area (Å²) in [5.41, 5.74) is 3.79. The first kappa shape index (κ1) is 15.4. The van der Waals surface area contributed by atoms with E-state index in [1.807, 2.05) is 19.2 Å². The number of rotatable bonds is 1. The number of hydrazine groups is 1. The van der Waals surface area contributed by atoms with Crippen molar-refractivity contribution in [3.8, 4) is 6.07 Å². The van der Waals surface area contributed by atoms with Crippen LogP contribution in [0.25, 0.3) is 0 Å². The van der Waals surface area contributed by atoms with Crippen molar-refractivity contribution in [2.45, 2.75) is 12.6 Å². The summed E-state index contributed by atoms with van der Waals surface area (Å²) in [7, 11) is 0. The Balaban J connectivity index is 2.07. The molecule has 0 saturated heterocycles. The Morgan fingerprint density at radius 2 is 2.14 bits per heavy atom. The molecule has 0 bridgehead atoms. The molecule has 1 aromatic rings. The van der Waals surface area contributed by atoms with Gasteiger partial charge in [0.2, 0.25) is 0 Å². The predicted molar refractivity (Wildman–Crippen MR) is 90.9 cm³/mol. The van der Waals surface area contributed by atoms with E-state index in [-0.39, 0.29) is 0 Å². The molecule has 0 radical (unpaired) electrons. The molecular weight excluding hydrogens is 341 g/mol. The van der Waals surface area contributed by atoms with Crippen LogP contribution in [0.2, 0.25) is 10.0 Å². The normalized spacial score (nSPS) is 23.4. The Morgan fingerprint density at radius 3 is 2.77 bits per heavy atom. The first-order valence-corrected chi connectivity index (χ1v) is 8.32. The molecule has 0 fully saturated rings. The fraction of sp³-hybridized carbons (Fsp3) is 0.214. The molecule has 8 heteroatoms. The number of aliphatic imine (C=N–C) groups is 2. The molecule has 22 heavy (non-hydrogen) atoms. The van der Waals surface area contributed by atoms with Crippen LogP contribution >= 0.6 is 35.0 Å². The lowest BCUT2D eigenvalue weighted by Gasteiger charge is -2.27. The smallest absolute Gasteiger partial charge is 0.184 e. The Hall–Kier alpha value is -1.52. The molecule has 0 amide bonds. The Labute approximate surface area is 142 Å². The van der Waals surface area contributed by atoms with Crippen LogP contribution in [0.4, 0.5) is 0 Å². The van der Waals surface area contributed by atoms with Crippen molar-refractivity contribution >= 4 is 46.0 Å². The minimum absolute atomic E-state index is 0.411. The van der Waals surface area contributed by atoms with E-state index >= 15 is 0 Å². The number of nitrogens with zero attached hydrogens (tertiary/aromatic N) is 4. The molecule has 0 aromatic heterocycles. The van der Waals surface area contributed by atoms with Gasteiger partial charge in [-0.2, -0.15) is 10.7 Å². The highest BCUT2D eigenvalue weighted by atomic mass is 35.5. The summed E-state index contributed by atoms with van der Waals surface area (Å²) in [6, 6.07) is 7.47. The van der Waals surface area contributed by atoms with Gasteiger partial charge < -0.3 is 0 Å². The second kappa shape index (κ2) is 5.60. The third kappa shape index (κ3) is 2.40. The van der Waals surface area contributed by atoms with E-state index in [2.05, 4.69) is 21.5 Å². The molecule has 3 rings (SSSR count). The van der Waals surface area contributed by atoms with Crippen molar-refractivity contribution < 1.29 is 0 Å². The monoisotopic (exact) mass is 351 g/mol. The van der Waals surface area contributed by atoms with Gasteiger partial charge in [-0.3, -0.25) is 0 Å². The van der Waals surface area contributed by atoms with Crippen molar-refractivity contribution in [3.63, 3.8) is 0 Å². The van der Waals surface area contributed by atoms with E-state index in [0.717, 1.165) is 10.7 Å². The molecular formula is C14H11Cl2N5S. The van der Waals surface area contributed by atoms with Crippen LogP contribution in [-0.4, -0.2) is 22.3 Å². The van der Waals surface area contributed by atoms with Crippen LogP contribution in [0.3, 0.4) is 0 Å². The zero-order chi connectivity index (χ0) is 15.9. The van der Waals surface area contributed by atoms with Crippen LogP contribution in [0.5, 0.6) is 0 Å². The Bertz CT molecular complexity index is 780. The molecule has 0 aliphatic carbocycles. The first-order chi connectivity index (χ1) is 10.5. The van der Waals surface area contributed by atoms with Crippen molar-refractivity contribution in [2.75, 3.05) is 6.26 Å². The number of amidine groups is 2. The maximum atomic E-state index is 9.25. The fourth-order valence-electron chi connectivity index (χ4n) is 2.26. The first-order valence-electron chi connectivity index (χ1n) is 6.34. The van der Waals surface area contributed by atoms with Crippen LogP contribution in [0.1, 0.15) is 12.5 Å². The van der Waals surface area contributed by atoms with Crippen molar-refractivity contribution in [3.05, 3.63) is 45.6 Å². The van der Waals surface area contributed by atoms with Gasteiger partial charge in [-0.05, 0) is 30.9 Å². The number of fused-ring (bicyclic) bond motifs is 1. The van der Waals surface area contributed by atoms with Gasteiger partial charge in [0.05, 0.1) is 16.2 Å². The summed E-state index contributed by atoms with van der Waals surface area (Å²) in [5.74, 6) is 0.551. The highest BCUT2D eigenvalue weighted by molar-refractivity contribution is 8.13. The van der Waals surface area contributed by atoms with E-state index in [4.69, 9.17) is 23.2 Å². The average Bonchev–Trinajstić information content (AvgIpc) is 2.87. The molecule has 112 valence electrons. The maximum absolute atomic E-state index is 9.25. The van der Waals surface area contributed by atoms with Gasteiger partial charge in [0.1, 0.15) is 11.6 Å². The summed E-state index contributed by atoms with van der Waals surface area (Å²) in [6.45, 7) is 1.91. The number of hydrogen-bond acceptors (Lipinski definition) is 6. The van der Waals surface area contributed by atoms with Gasteiger partial charge in [0.25, 0.3) is 0 Å². The molecule has 0 unspecified atom stereocenters. The van der Waals surface area contributed by atoms with E-state index in [1.54, 1.807) is 17.1 Å². The van der Waals surface area contributed by atoms with E-state index in [0.29, 0.717) is 21.5 Å². The van der Waals surface area contributed by atoms with E-state index < -0.39 is 5.66 Å². The minimum Gasteiger partial charge on any atom is -0.237 e. The number of nitriles is 1. The number of nitrogens with one attached hydrogen (secondary N) is 1. The predicted octanol–water partition coefficient (Wildman–Crippen LogP) is 3.52. The molecule has 1 atom stereocenters. The lowest BCUT2D eigenvalue weighted by atomic mass is 10.0. The molecule has 2 aliphatic heterocycles. The summed E-state index contributed by atoms with van der Waals surface area (Å²) in [5, 5.41) is 12.6. The topological polar surface area (TPSA) is 63.8 Å². The van der Waals surface area contributed by atoms with Crippen molar-refractivity contribution in [1.29, 1.82) is 5.26 Å². The van der Waals surface area contributed by atoms with Gasteiger partial charge in [-0.15, -0.1) is 0 Å². The summed E-state index contributed by atoms with van der Waals surface area (Å²) < 4.78 is 0. The number of hydrogen-bond donors (Lipinski definition) is 1. The van der Waals surface area contributed by atoms with Gasteiger partial charge in [-0.1, -0.05) is 41.0 Å². The zero-order valence-corrected chi connectivity index (χ0v) is 14.1. The van der Waals surface area contributed by atoms with Crippen molar-refractivity contribution in [2.24, 2.45) is 9.98 Å². The number of benzene rings is 1. The molecule has 0 spiro atoms. The highest BCUT2D eigenvalue weighted by Crippen LogP contribution is 2.34. The third-order valence-electron chi connectivity index (χ3n) is 3.39. The lowest BCUT2D eigenvalue weighted by molar-refractivity contribution is 0.311. The van der Waals surface area contributed by atoms with Crippen LogP contribution in [0.15, 0.2) is 40.0 Å². The molecule has 2 heterocycles. The van der Waals surface area contributed by atoms with Crippen LogP contribution in [-0.2, 0) is 5.66 Å². The third-order valence-corrected chi connectivity index (χ3v) is 4.78. The summed E-state index contributed by atoms with van der Waals surface area (Å²) >= 11 is 13.5. The average molecular weight is 352 g/mol. The van der Waals surface area contributed by atoms with Crippen molar-refractivity contribution in [1.82, 2.24) is 10.4 Å². The van der Waals surface area contributed by atoms with Gasteiger partial charge in [0.15, 0.2) is 16.7 Å². The largest absolute Gasteiger partial charge is 0.237 e. The second-order valence-corrected chi connectivity index (χ2v) is 6.44. The second-order valence-electron chi connectivity index (χ2n) is 4.85. The maximum Gasteiger partial charge on any atom is 0.184 e. The van der Waals surface area contributed by atoms with E-state index in [9.17, 15) is 5.26 Å². The zero-order valence-electron chi connectivity index (χ0n) is 11.8. The van der Waals surface area contributed by atoms with Gasteiger partial charge in [0, 0.05) is 0 Å². The van der Waals surface area contributed by atoms with Crippen LogP contribution in [0, 0.1) is 11.3 Å². The standard InChI is InChI=1S/C14H11Cl2N5S/c1-14(9-3-4-10(15)11(16)5-9)19-12-8(6-17)7-18-13(22-2)21(12)20-14/h3-5,7,20H,1-2H3/t14-/m1/s1. The van der Waals surface area contributed by atoms with Gasteiger partial charge in [-0.25, -0.2) is 15.0 Å². The number of thioether (sulfide) groups is 1. The molecule has 1 N–H and O–H groups in total. The highest BCUT2D eigenvalue weighted by Gasteiger charge is 2.41. The Kier molecular flexibility index (Phi) is 3.91. The lowest BCUT2D eigenvalue weighted by Crippen LogP contribution is -2.48.